The van der Waals surface area contributed by atoms with E-state index in [0.717, 1.165) is 42.0 Å². The first-order chi connectivity index (χ1) is 14.6. The number of methoxy groups -OCH3 is 1. The minimum atomic E-state index is -0.835. The van der Waals surface area contributed by atoms with E-state index in [-0.39, 0.29) is 12.1 Å². The van der Waals surface area contributed by atoms with Gasteiger partial charge in [-0.25, -0.2) is 8.78 Å². The quantitative estimate of drug-likeness (QED) is 0.646. The van der Waals surface area contributed by atoms with Gasteiger partial charge in [-0.2, -0.15) is 4.68 Å². The summed E-state index contributed by atoms with van der Waals surface area (Å²) >= 11 is 0. The van der Waals surface area contributed by atoms with Crippen molar-refractivity contribution in [1.82, 2.24) is 30.8 Å². The van der Waals surface area contributed by atoms with Crippen LogP contribution in [0.25, 0.3) is 5.69 Å². The number of hydrogen-bond donors (Lipinski definition) is 2. The predicted molar refractivity (Wildman–Crippen MR) is 107 cm³/mol. The van der Waals surface area contributed by atoms with Crippen molar-refractivity contribution in [2.45, 2.75) is 38.4 Å². The Labute approximate surface area is 173 Å². The van der Waals surface area contributed by atoms with Gasteiger partial charge in [0.15, 0.2) is 17.5 Å². The number of aromatic nitrogens is 4. The molecule has 1 aliphatic heterocycles. The van der Waals surface area contributed by atoms with Crippen molar-refractivity contribution in [3.8, 4) is 11.4 Å². The number of ether oxygens (including phenoxy) is 1. The summed E-state index contributed by atoms with van der Waals surface area (Å²) in [7, 11) is 1.63. The van der Waals surface area contributed by atoms with Crippen LogP contribution >= 0.6 is 0 Å². The highest BCUT2D eigenvalue weighted by atomic mass is 19.2. The molecule has 2 heterocycles. The minimum absolute atomic E-state index is 0.0618. The topological polar surface area (TPSA) is 76.9 Å². The van der Waals surface area contributed by atoms with Crippen LogP contribution in [-0.4, -0.2) is 39.9 Å². The number of tetrazole rings is 1. The molecule has 1 aromatic heterocycles. The second-order valence-electron chi connectivity index (χ2n) is 7.37. The van der Waals surface area contributed by atoms with Crippen LogP contribution in [0.15, 0.2) is 36.4 Å². The minimum Gasteiger partial charge on any atom is -0.496 e. The Kier molecular flexibility index (Phi) is 6.01. The van der Waals surface area contributed by atoms with E-state index < -0.39 is 11.6 Å². The standard InChI is InChI=1S/C21H24F2N6O/c1-13-26-27-28-29(13)16-6-8-20(30-2)15(10-16)12-25-19-4-3-9-24-21(19)14-5-7-17(22)18(23)11-14/h5-8,10-11,19,21,24-25H,3-4,9,12H2,1-2H3/t19-,21-/m1/s1. The molecule has 158 valence electrons. The Hall–Kier alpha value is -2.91. The lowest BCUT2D eigenvalue weighted by molar-refractivity contribution is 0.302. The molecule has 7 nitrogen and oxygen atoms in total. The van der Waals surface area contributed by atoms with Gasteiger partial charge in [0.05, 0.1) is 12.8 Å². The normalized spacial score (nSPS) is 19.1. The molecule has 1 aliphatic rings. The molecule has 1 fully saturated rings. The Bertz CT molecular complexity index is 1020. The van der Waals surface area contributed by atoms with E-state index >= 15 is 0 Å². The molecule has 2 N–H and O–H groups in total. The Balaban J connectivity index is 1.55. The second kappa shape index (κ2) is 8.85. The number of halogens is 2. The molecule has 4 rings (SSSR count). The summed E-state index contributed by atoms with van der Waals surface area (Å²) in [5.74, 6) is -0.220. The maximum absolute atomic E-state index is 13.8. The van der Waals surface area contributed by atoms with Crippen molar-refractivity contribution in [2.24, 2.45) is 0 Å². The summed E-state index contributed by atoms with van der Waals surface area (Å²) in [4.78, 5) is 0. The third-order valence-electron chi connectivity index (χ3n) is 5.45. The van der Waals surface area contributed by atoms with Crippen LogP contribution in [0.2, 0.25) is 0 Å². The number of benzene rings is 2. The summed E-state index contributed by atoms with van der Waals surface area (Å²) in [6, 6.07) is 9.82. The molecule has 3 aromatic rings. The van der Waals surface area contributed by atoms with E-state index in [0.29, 0.717) is 12.4 Å². The third kappa shape index (κ3) is 4.17. The van der Waals surface area contributed by atoms with Gasteiger partial charge in [0.2, 0.25) is 0 Å². The maximum atomic E-state index is 13.8. The number of rotatable bonds is 6. The first-order valence-electron chi connectivity index (χ1n) is 9.91. The lowest BCUT2D eigenvalue weighted by atomic mass is 9.92. The van der Waals surface area contributed by atoms with Crippen molar-refractivity contribution < 1.29 is 13.5 Å². The highest BCUT2D eigenvalue weighted by molar-refractivity contribution is 5.44. The number of nitrogens with one attached hydrogen (secondary N) is 2. The molecular formula is C21H24F2N6O. The Morgan fingerprint density at radius 2 is 2.07 bits per heavy atom. The molecule has 0 amide bonds. The van der Waals surface area contributed by atoms with E-state index in [1.165, 1.54) is 12.1 Å². The smallest absolute Gasteiger partial charge is 0.159 e. The molecule has 0 aliphatic carbocycles. The Morgan fingerprint density at radius 3 is 2.80 bits per heavy atom. The highest BCUT2D eigenvalue weighted by Crippen LogP contribution is 2.27. The number of hydrogen-bond acceptors (Lipinski definition) is 6. The molecule has 0 spiro atoms. The zero-order valence-electron chi connectivity index (χ0n) is 16.9. The molecule has 1 saturated heterocycles. The first kappa shape index (κ1) is 20.4. The first-order valence-corrected chi connectivity index (χ1v) is 9.91. The van der Waals surface area contributed by atoms with Crippen molar-refractivity contribution in [3.05, 3.63) is 65.0 Å². The van der Waals surface area contributed by atoms with Crippen molar-refractivity contribution in [3.63, 3.8) is 0 Å². The van der Waals surface area contributed by atoms with Crippen molar-refractivity contribution in [1.29, 1.82) is 0 Å². The third-order valence-corrected chi connectivity index (χ3v) is 5.45. The number of nitrogens with zero attached hydrogens (tertiary/aromatic N) is 4. The zero-order chi connectivity index (χ0) is 21.1. The van der Waals surface area contributed by atoms with Gasteiger partial charge in [0, 0.05) is 24.2 Å². The molecular weight excluding hydrogens is 390 g/mol. The zero-order valence-corrected chi connectivity index (χ0v) is 16.9. The summed E-state index contributed by atoms with van der Waals surface area (Å²) in [6.07, 6.45) is 1.92. The van der Waals surface area contributed by atoms with Crippen LogP contribution in [0, 0.1) is 18.6 Å². The summed E-state index contributed by atoms with van der Waals surface area (Å²) in [6.45, 7) is 3.21. The predicted octanol–water partition coefficient (Wildman–Crippen LogP) is 2.84. The molecule has 2 atom stereocenters. The van der Waals surface area contributed by atoms with Gasteiger partial charge in [-0.05, 0) is 72.6 Å². The van der Waals surface area contributed by atoms with Gasteiger partial charge in [0.1, 0.15) is 5.75 Å². The molecule has 0 radical (unpaired) electrons. The summed E-state index contributed by atoms with van der Waals surface area (Å²) < 4.78 is 34.3. The van der Waals surface area contributed by atoms with Crippen LogP contribution in [-0.2, 0) is 6.54 Å². The monoisotopic (exact) mass is 414 g/mol. The van der Waals surface area contributed by atoms with E-state index in [1.54, 1.807) is 17.9 Å². The fourth-order valence-electron chi connectivity index (χ4n) is 3.91. The van der Waals surface area contributed by atoms with Gasteiger partial charge < -0.3 is 15.4 Å². The fraction of sp³-hybridized carbons (Fsp3) is 0.381. The average Bonchev–Trinajstić information content (AvgIpc) is 3.20. The summed E-state index contributed by atoms with van der Waals surface area (Å²) in [5, 5.41) is 18.6. The van der Waals surface area contributed by atoms with Crippen LogP contribution < -0.4 is 15.4 Å². The Morgan fingerprint density at radius 1 is 1.20 bits per heavy atom. The van der Waals surface area contributed by atoms with Gasteiger partial charge >= 0.3 is 0 Å². The molecule has 9 heteroatoms. The van der Waals surface area contributed by atoms with Crippen LogP contribution in [0.4, 0.5) is 8.78 Å². The van der Waals surface area contributed by atoms with Crippen molar-refractivity contribution in [2.75, 3.05) is 13.7 Å². The van der Waals surface area contributed by atoms with Crippen LogP contribution in [0.1, 0.15) is 35.8 Å². The van der Waals surface area contributed by atoms with E-state index in [9.17, 15) is 8.78 Å². The lowest BCUT2D eigenvalue weighted by Gasteiger charge is -2.34. The fourth-order valence-corrected chi connectivity index (χ4v) is 3.91. The summed E-state index contributed by atoms with van der Waals surface area (Å²) in [5.41, 5.74) is 2.53. The van der Waals surface area contributed by atoms with E-state index in [4.69, 9.17) is 4.74 Å². The van der Waals surface area contributed by atoms with E-state index in [1.807, 2.05) is 25.1 Å². The largest absolute Gasteiger partial charge is 0.496 e. The molecule has 30 heavy (non-hydrogen) atoms. The second-order valence-corrected chi connectivity index (χ2v) is 7.37. The van der Waals surface area contributed by atoms with Gasteiger partial charge in [-0.3, -0.25) is 0 Å². The van der Waals surface area contributed by atoms with Crippen LogP contribution in [0.5, 0.6) is 5.75 Å². The number of aryl methyl sites for hydroxylation is 1. The van der Waals surface area contributed by atoms with Crippen LogP contribution in [0.3, 0.4) is 0 Å². The SMILES string of the molecule is COc1ccc(-n2nnnc2C)cc1CN[C@@H]1CCCN[C@@H]1c1ccc(F)c(F)c1. The highest BCUT2D eigenvalue weighted by Gasteiger charge is 2.27. The van der Waals surface area contributed by atoms with Gasteiger partial charge in [-0.15, -0.1) is 5.10 Å². The van der Waals surface area contributed by atoms with E-state index in [2.05, 4.69) is 26.2 Å². The maximum Gasteiger partial charge on any atom is 0.159 e. The molecule has 0 saturated carbocycles. The lowest BCUT2D eigenvalue weighted by Crippen LogP contribution is -2.45. The average molecular weight is 414 g/mol. The van der Waals surface area contributed by atoms with Gasteiger partial charge in [-0.1, -0.05) is 6.07 Å². The van der Waals surface area contributed by atoms with Crippen molar-refractivity contribution >= 4 is 0 Å². The molecule has 2 aromatic carbocycles. The molecule has 0 bridgehead atoms. The van der Waals surface area contributed by atoms with Gasteiger partial charge in [0.25, 0.3) is 0 Å². The molecule has 0 unspecified atom stereocenters. The number of piperidine rings is 1.